The van der Waals surface area contributed by atoms with E-state index >= 15 is 0 Å². The van der Waals surface area contributed by atoms with E-state index in [9.17, 15) is 0 Å². The monoisotopic (exact) mass is 459 g/mol. The van der Waals surface area contributed by atoms with Gasteiger partial charge < -0.3 is 9.69 Å². The number of hydrogen-bond acceptors (Lipinski definition) is 0. The first kappa shape index (κ1) is 22.4. The fraction of sp³-hybridized carbons (Fsp3) is 0.846. The minimum atomic E-state index is -0.0594. The van der Waals surface area contributed by atoms with Gasteiger partial charge in [0.05, 0.1) is 6.42 Å². The van der Waals surface area contributed by atoms with Gasteiger partial charge >= 0.3 is 0 Å². The average Bonchev–Trinajstić information content (AvgIpc) is 2.01. The second-order valence-electron chi connectivity index (χ2n) is 6.26. The zero-order valence-electron chi connectivity index (χ0n) is 11.4. The van der Waals surface area contributed by atoms with E-state index in [1.165, 1.54) is 0 Å². The smallest absolute Gasteiger partial charge is 0.235 e. The van der Waals surface area contributed by atoms with Crippen LogP contribution in [0, 0.1) is 24.0 Å². The standard InChI is InChI=1S/C13H22N2.Ni.Pt/c1-12(2,3)10(14-7)9-11(15-8)13(4,5)6;;/h10-11H,9H2,1-6H3;;. The summed E-state index contributed by atoms with van der Waals surface area (Å²) in [5.41, 5.74) is -0.0636. The third-order valence-electron chi connectivity index (χ3n) is 2.76. The molecule has 0 rings (SSSR count). The molecule has 104 valence electrons. The molecule has 0 aromatic carbocycles. The van der Waals surface area contributed by atoms with Gasteiger partial charge in [0.2, 0.25) is 12.1 Å². The molecule has 0 saturated carbocycles. The predicted octanol–water partition coefficient (Wildman–Crippen LogP) is 4.04. The van der Waals surface area contributed by atoms with Gasteiger partial charge in [-0.2, -0.15) is 0 Å². The van der Waals surface area contributed by atoms with Crippen molar-refractivity contribution in [2.24, 2.45) is 10.8 Å². The van der Waals surface area contributed by atoms with E-state index in [-0.39, 0.29) is 60.5 Å². The summed E-state index contributed by atoms with van der Waals surface area (Å²) >= 11 is 0. The Hall–Kier alpha value is 0.162. The Balaban J connectivity index is -0.000000980. The number of nitrogens with zero attached hydrogens (tertiary/aromatic N) is 2. The average molecular weight is 460 g/mol. The molecule has 0 aliphatic rings. The van der Waals surface area contributed by atoms with Crippen molar-refractivity contribution in [2.45, 2.75) is 60.0 Å². The van der Waals surface area contributed by atoms with Crippen LogP contribution in [-0.2, 0) is 37.6 Å². The van der Waals surface area contributed by atoms with Gasteiger partial charge in [-0.3, -0.25) is 0 Å². The molecule has 0 aromatic heterocycles. The van der Waals surface area contributed by atoms with E-state index in [0.717, 1.165) is 0 Å². The molecule has 2 unspecified atom stereocenters. The number of hydrogen-bond donors (Lipinski definition) is 0. The number of rotatable bonds is 2. The molecule has 0 bridgehead atoms. The second kappa shape index (κ2) is 8.30. The van der Waals surface area contributed by atoms with Crippen LogP contribution in [0.25, 0.3) is 9.69 Å². The zero-order chi connectivity index (χ0) is 12.3. The Morgan fingerprint density at radius 1 is 0.824 bits per heavy atom. The third-order valence-corrected chi connectivity index (χ3v) is 2.76. The van der Waals surface area contributed by atoms with Crippen LogP contribution in [0.5, 0.6) is 0 Å². The second-order valence-corrected chi connectivity index (χ2v) is 6.26. The quantitative estimate of drug-likeness (QED) is 0.435. The molecule has 0 radical (unpaired) electrons. The Labute approximate surface area is 131 Å². The van der Waals surface area contributed by atoms with Crippen LogP contribution >= 0.6 is 0 Å². The third kappa shape index (κ3) is 7.97. The maximum atomic E-state index is 7.21. The normalized spacial score (nSPS) is 14.4. The molecule has 2 nitrogen and oxygen atoms in total. The van der Waals surface area contributed by atoms with Crippen LogP contribution in [0.1, 0.15) is 48.0 Å². The summed E-state index contributed by atoms with van der Waals surface area (Å²) in [6.07, 6.45) is 0.681. The largest absolute Gasteiger partial charge is 0.313 e. The van der Waals surface area contributed by atoms with Gasteiger partial charge in [0.15, 0.2) is 0 Å². The van der Waals surface area contributed by atoms with E-state index in [4.69, 9.17) is 13.1 Å². The van der Waals surface area contributed by atoms with E-state index in [1.807, 2.05) is 0 Å². The molecule has 17 heavy (non-hydrogen) atoms. The van der Waals surface area contributed by atoms with E-state index < -0.39 is 0 Å². The Morgan fingerprint density at radius 2 is 1.06 bits per heavy atom. The SMILES string of the molecule is [C-]#[N+]C(CC([N+]#[C-])C(C)(C)C)C(C)(C)C.[Ni].[Pt]. The minimum Gasteiger partial charge on any atom is -0.313 e. The van der Waals surface area contributed by atoms with Crippen molar-refractivity contribution in [1.29, 1.82) is 0 Å². The topological polar surface area (TPSA) is 8.72 Å². The summed E-state index contributed by atoms with van der Waals surface area (Å²) in [7, 11) is 0. The molecule has 0 spiro atoms. The molecular formula is C13H22N2NiPt. The van der Waals surface area contributed by atoms with Crippen LogP contribution in [0.2, 0.25) is 0 Å². The fourth-order valence-corrected chi connectivity index (χ4v) is 1.41. The fourth-order valence-electron chi connectivity index (χ4n) is 1.41. The Morgan fingerprint density at radius 3 is 1.18 bits per heavy atom. The summed E-state index contributed by atoms with van der Waals surface area (Å²) in [5.74, 6) is 0. The zero-order valence-corrected chi connectivity index (χ0v) is 14.6. The summed E-state index contributed by atoms with van der Waals surface area (Å²) in [6.45, 7) is 26.8. The summed E-state index contributed by atoms with van der Waals surface area (Å²) in [5, 5.41) is 0. The maximum absolute atomic E-state index is 7.21. The first-order valence-corrected chi connectivity index (χ1v) is 5.36. The van der Waals surface area contributed by atoms with Crippen LogP contribution in [-0.4, -0.2) is 12.1 Å². The van der Waals surface area contributed by atoms with Gasteiger partial charge in [-0.05, 0) is 0 Å². The van der Waals surface area contributed by atoms with Crippen molar-refractivity contribution in [3.05, 3.63) is 22.8 Å². The molecule has 0 fully saturated rings. The molecule has 4 heteroatoms. The van der Waals surface area contributed by atoms with Gasteiger partial charge in [-0.25, -0.2) is 13.1 Å². The summed E-state index contributed by atoms with van der Waals surface area (Å²) in [6, 6.07) is -0.119. The van der Waals surface area contributed by atoms with Crippen molar-refractivity contribution < 1.29 is 37.6 Å². The molecular weight excluding hydrogens is 438 g/mol. The minimum absolute atomic E-state index is 0. The van der Waals surface area contributed by atoms with Gasteiger partial charge in [0, 0.05) is 48.4 Å². The van der Waals surface area contributed by atoms with Gasteiger partial charge in [-0.1, -0.05) is 41.5 Å². The van der Waals surface area contributed by atoms with Crippen molar-refractivity contribution in [3.8, 4) is 0 Å². The first-order valence-electron chi connectivity index (χ1n) is 5.36. The van der Waals surface area contributed by atoms with E-state index in [2.05, 4.69) is 51.2 Å². The molecule has 0 aliphatic carbocycles. The van der Waals surface area contributed by atoms with Crippen LogP contribution in [0.3, 0.4) is 0 Å². The molecule has 0 amide bonds. The molecule has 0 aromatic rings. The molecule has 0 N–H and O–H groups in total. The van der Waals surface area contributed by atoms with Crippen molar-refractivity contribution in [3.63, 3.8) is 0 Å². The van der Waals surface area contributed by atoms with E-state index in [1.54, 1.807) is 0 Å². The van der Waals surface area contributed by atoms with Crippen molar-refractivity contribution >= 4 is 0 Å². The van der Waals surface area contributed by atoms with Crippen LogP contribution in [0.15, 0.2) is 0 Å². The van der Waals surface area contributed by atoms with E-state index in [0.29, 0.717) is 6.42 Å². The van der Waals surface area contributed by atoms with Crippen LogP contribution in [0.4, 0.5) is 0 Å². The predicted molar refractivity (Wildman–Crippen MR) is 64.3 cm³/mol. The Bertz CT molecular complexity index is 259. The summed E-state index contributed by atoms with van der Waals surface area (Å²) < 4.78 is 0. The first-order chi connectivity index (χ1) is 6.62. The van der Waals surface area contributed by atoms with Gasteiger partial charge in [0.1, 0.15) is 0 Å². The molecule has 0 saturated heterocycles. The van der Waals surface area contributed by atoms with Gasteiger partial charge in [-0.15, -0.1) is 0 Å². The molecule has 0 aliphatic heterocycles. The van der Waals surface area contributed by atoms with Crippen LogP contribution < -0.4 is 0 Å². The van der Waals surface area contributed by atoms with Crippen molar-refractivity contribution in [1.82, 2.24) is 0 Å². The maximum Gasteiger partial charge on any atom is 0.235 e. The van der Waals surface area contributed by atoms with Crippen molar-refractivity contribution in [2.75, 3.05) is 0 Å². The van der Waals surface area contributed by atoms with Gasteiger partial charge in [0.25, 0.3) is 0 Å². The summed E-state index contributed by atoms with van der Waals surface area (Å²) in [4.78, 5) is 7.33. The molecule has 2 atom stereocenters. The Kier molecular flexibility index (Phi) is 10.9. The molecule has 0 heterocycles.